The standard InChI is InChI=1S/C20H23ClN4O6S/c1-13-10-15(14-6-8-24(9-7-14)12-23-22)20(30-2)17(11-13)31-32(28,29)18-5-3-4-16(19(18)21)25(26)27/h3-5,10-12,14H,6-9,22H2,1-2H3. The average molecular weight is 483 g/mol. The minimum atomic E-state index is -4.47. The molecule has 1 saturated heterocycles. The average Bonchev–Trinajstić information content (AvgIpc) is 2.73. The van der Waals surface area contributed by atoms with Gasteiger partial charge < -0.3 is 19.7 Å². The second-order valence-electron chi connectivity index (χ2n) is 7.34. The van der Waals surface area contributed by atoms with Crippen LogP contribution in [0.15, 0.2) is 40.3 Å². The molecule has 2 N–H and O–H groups in total. The van der Waals surface area contributed by atoms with Gasteiger partial charge in [-0.15, -0.1) is 0 Å². The summed E-state index contributed by atoms with van der Waals surface area (Å²) < 4.78 is 36.9. The molecule has 32 heavy (non-hydrogen) atoms. The molecule has 12 heteroatoms. The first-order valence-electron chi connectivity index (χ1n) is 9.71. The number of aryl methyl sites for hydroxylation is 1. The number of hydrogen-bond donors (Lipinski definition) is 1. The van der Waals surface area contributed by atoms with Crippen molar-refractivity contribution in [2.24, 2.45) is 10.9 Å². The third kappa shape index (κ3) is 4.89. The Morgan fingerprint density at radius 2 is 2.00 bits per heavy atom. The number of ether oxygens (including phenoxy) is 1. The Balaban J connectivity index is 1.97. The highest BCUT2D eigenvalue weighted by molar-refractivity contribution is 7.87. The molecule has 1 aliphatic rings. The summed E-state index contributed by atoms with van der Waals surface area (Å²) in [5.41, 5.74) is 1.08. The first-order valence-corrected chi connectivity index (χ1v) is 11.5. The lowest BCUT2D eigenvalue weighted by molar-refractivity contribution is -0.384. The van der Waals surface area contributed by atoms with E-state index >= 15 is 0 Å². The predicted octanol–water partition coefficient (Wildman–Crippen LogP) is 3.41. The van der Waals surface area contributed by atoms with E-state index in [4.69, 9.17) is 26.4 Å². The molecular formula is C20H23ClN4O6S. The highest BCUT2D eigenvalue weighted by atomic mass is 35.5. The van der Waals surface area contributed by atoms with Crippen LogP contribution in [0.1, 0.15) is 29.9 Å². The summed E-state index contributed by atoms with van der Waals surface area (Å²) >= 11 is 6.00. The molecule has 2 aromatic rings. The monoisotopic (exact) mass is 482 g/mol. The summed E-state index contributed by atoms with van der Waals surface area (Å²) in [6.07, 6.45) is 3.16. The number of methoxy groups -OCH3 is 1. The van der Waals surface area contributed by atoms with Crippen LogP contribution in [0.25, 0.3) is 0 Å². The Kier molecular flexibility index (Phi) is 7.09. The van der Waals surface area contributed by atoms with Crippen molar-refractivity contribution in [1.29, 1.82) is 0 Å². The summed E-state index contributed by atoms with van der Waals surface area (Å²) in [7, 11) is -3.03. The minimum Gasteiger partial charge on any atom is -0.492 e. The van der Waals surface area contributed by atoms with E-state index in [1.807, 2.05) is 17.9 Å². The molecule has 10 nitrogen and oxygen atoms in total. The number of nitrogens with two attached hydrogens (primary N) is 1. The topological polar surface area (TPSA) is 137 Å². The van der Waals surface area contributed by atoms with Gasteiger partial charge in [0, 0.05) is 24.7 Å². The van der Waals surface area contributed by atoms with Crippen LogP contribution in [0, 0.1) is 17.0 Å². The van der Waals surface area contributed by atoms with Crippen LogP contribution in [0.4, 0.5) is 5.69 Å². The van der Waals surface area contributed by atoms with Crippen molar-refractivity contribution < 1.29 is 22.3 Å². The molecule has 0 aliphatic carbocycles. The molecule has 3 rings (SSSR count). The molecule has 0 amide bonds. The number of nitrogens with zero attached hydrogens (tertiary/aromatic N) is 3. The Hall–Kier alpha value is -3.05. The lowest BCUT2D eigenvalue weighted by Crippen LogP contribution is -2.32. The number of benzene rings is 2. The van der Waals surface area contributed by atoms with E-state index in [1.165, 1.54) is 13.2 Å². The van der Waals surface area contributed by atoms with Gasteiger partial charge in [0.2, 0.25) is 0 Å². The molecule has 0 aromatic heterocycles. The van der Waals surface area contributed by atoms with Gasteiger partial charge in [0.25, 0.3) is 5.69 Å². The number of rotatable bonds is 7. The second-order valence-corrected chi connectivity index (χ2v) is 9.24. The minimum absolute atomic E-state index is 0.00368. The van der Waals surface area contributed by atoms with E-state index in [-0.39, 0.29) is 11.7 Å². The number of piperidine rings is 1. The second kappa shape index (κ2) is 9.61. The molecular weight excluding hydrogens is 460 g/mol. The SMILES string of the molecule is COc1c(OS(=O)(=O)c2cccc([N+](=O)[O-])c2Cl)cc(C)cc1C1CCN(C=NN)CC1. The van der Waals surface area contributed by atoms with E-state index in [0.717, 1.165) is 49.2 Å². The van der Waals surface area contributed by atoms with E-state index in [1.54, 1.807) is 12.4 Å². The van der Waals surface area contributed by atoms with Gasteiger partial charge in [0.15, 0.2) is 11.5 Å². The van der Waals surface area contributed by atoms with Gasteiger partial charge in [0.05, 0.1) is 12.0 Å². The Bertz CT molecular complexity index is 1150. The Labute approximate surface area is 190 Å². The van der Waals surface area contributed by atoms with Crippen LogP contribution in [0.2, 0.25) is 5.02 Å². The van der Waals surface area contributed by atoms with E-state index in [0.29, 0.717) is 5.75 Å². The van der Waals surface area contributed by atoms with Gasteiger partial charge in [0.1, 0.15) is 16.3 Å². The van der Waals surface area contributed by atoms with Crippen LogP contribution < -0.4 is 14.8 Å². The highest BCUT2D eigenvalue weighted by Gasteiger charge is 2.30. The predicted molar refractivity (Wildman–Crippen MR) is 120 cm³/mol. The fourth-order valence-electron chi connectivity index (χ4n) is 3.77. The van der Waals surface area contributed by atoms with E-state index in [2.05, 4.69) is 5.10 Å². The Morgan fingerprint density at radius 1 is 1.31 bits per heavy atom. The van der Waals surface area contributed by atoms with Crippen LogP contribution in [0.3, 0.4) is 0 Å². The summed E-state index contributed by atoms with van der Waals surface area (Å²) in [6, 6.07) is 6.99. The van der Waals surface area contributed by atoms with E-state index in [9.17, 15) is 18.5 Å². The first kappa shape index (κ1) is 23.6. The molecule has 0 bridgehead atoms. The maximum Gasteiger partial charge on any atom is 0.341 e. The normalized spacial score (nSPS) is 15.2. The zero-order chi connectivity index (χ0) is 23.5. The zero-order valence-corrected chi connectivity index (χ0v) is 19.1. The largest absolute Gasteiger partial charge is 0.492 e. The molecule has 1 aliphatic heterocycles. The number of nitro benzene ring substituents is 1. The first-order chi connectivity index (χ1) is 15.2. The summed E-state index contributed by atoms with van der Waals surface area (Å²) in [6.45, 7) is 3.29. The number of nitro groups is 1. The molecule has 0 unspecified atom stereocenters. The molecule has 0 atom stereocenters. The van der Waals surface area contributed by atoms with Crippen molar-refractivity contribution in [3.63, 3.8) is 0 Å². The molecule has 1 heterocycles. The van der Waals surface area contributed by atoms with Crippen molar-refractivity contribution in [2.75, 3.05) is 20.2 Å². The van der Waals surface area contributed by atoms with Crippen molar-refractivity contribution in [3.05, 3.63) is 56.6 Å². The summed E-state index contributed by atoms with van der Waals surface area (Å²) in [5, 5.41) is 14.2. The molecule has 2 aromatic carbocycles. The van der Waals surface area contributed by atoms with Gasteiger partial charge in [-0.1, -0.05) is 23.7 Å². The summed E-state index contributed by atoms with van der Waals surface area (Å²) in [4.78, 5) is 11.9. The van der Waals surface area contributed by atoms with Crippen LogP contribution >= 0.6 is 11.6 Å². The van der Waals surface area contributed by atoms with E-state index < -0.39 is 30.6 Å². The molecule has 1 fully saturated rings. The third-order valence-corrected chi connectivity index (χ3v) is 7.03. The van der Waals surface area contributed by atoms with Crippen LogP contribution in [-0.4, -0.2) is 44.8 Å². The highest BCUT2D eigenvalue weighted by Crippen LogP contribution is 2.42. The van der Waals surface area contributed by atoms with Gasteiger partial charge in [-0.25, -0.2) is 0 Å². The van der Waals surface area contributed by atoms with Crippen molar-refractivity contribution in [1.82, 2.24) is 4.90 Å². The maximum absolute atomic E-state index is 13.0. The smallest absolute Gasteiger partial charge is 0.341 e. The third-order valence-electron chi connectivity index (χ3n) is 5.24. The van der Waals surface area contributed by atoms with Crippen molar-refractivity contribution >= 4 is 33.7 Å². The molecule has 0 saturated carbocycles. The van der Waals surface area contributed by atoms with Gasteiger partial charge in [-0.2, -0.15) is 13.5 Å². The van der Waals surface area contributed by atoms with Gasteiger partial charge in [-0.05, 0) is 43.4 Å². The quantitative estimate of drug-likeness (QED) is 0.158. The number of likely N-dealkylation sites (tertiary alicyclic amines) is 1. The van der Waals surface area contributed by atoms with Gasteiger partial charge >= 0.3 is 10.1 Å². The Morgan fingerprint density at radius 3 is 2.59 bits per heavy atom. The van der Waals surface area contributed by atoms with Crippen molar-refractivity contribution in [2.45, 2.75) is 30.6 Å². The lowest BCUT2D eigenvalue weighted by atomic mass is 9.88. The summed E-state index contributed by atoms with van der Waals surface area (Å²) in [5.74, 6) is 5.63. The number of hydrazone groups is 1. The zero-order valence-electron chi connectivity index (χ0n) is 17.5. The van der Waals surface area contributed by atoms with Crippen LogP contribution in [0.5, 0.6) is 11.5 Å². The van der Waals surface area contributed by atoms with Gasteiger partial charge in [-0.3, -0.25) is 10.1 Å². The fraction of sp³-hybridized carbons (Fsp3) is 0.350. The molecule has 0 spiro atoms. The van der Waals surface area contributed by atoms with Crippen LogP contribution in [-0.2, 0) is 10.1 Å². The van der Waals surface area contributed by atoms with Crippen molar-refractivity contribution in [3.8, 4) is 11.5 Å². The molecule has 0 radical (unpaired) electrons. The lowest BCUT2D eigenvalue weighted by Gasteiger charge is -2.31. The number of hydrogen-bond acceptors (Lipinski definition) is 8. The fourth-order valence-corrected chi connectivity index (χ4v) is 5.26. The number of halogens is 1. The maximum atomic E-state index is 13.0. The molecule has 172 valence electrons.